The van der Waals surface area contributed by atoms with E-state index < -0.39 is 5.97 Å². The van der Waals surface area contributed by atoms with Crippen LogP contribution in [0.3, 0.4) is 0 Å². The summed E-state index contributed by atoms with van der Waals surface area (Å²) in [5, 5.41) is 0.628. The average Bonchev–Trinajstić information content (AvgIpc) is 2.37. The minimum atomic E-state index is -0.659. The van der Waals surface area contributed by atoms with Gasteiger partial charge in [0.1, 0.15) is 11.4 Å². The Morgan fingerprint density at radius 1 is 1.41 bits per heavy atom. The van der Waals surface area contributed by atoms with Crippen LogP contribution in [0.5, 0.6) is 0 Å². The average molecular weight is 251 g/mol. The molecule has 0 amide bonds. The van der Waals surface area contributed by atoms with Crippen LogP contribution in [0, 0.1) is 0 Å². The third-order valence-corrected chi connectivity index (χ3v) is 2.47. The van der Waals surface area contributed by atoms with Crippen molar-refractivity contribution >= 4 is 34.8 Å². The fraction of sp³-hybridized carbons (Fsp3) is 0.0909. The molecule has 0 radical (unpaired) electrons. The van der Waals surface area contributed by atoms with Crippen molar-refractivity contribution in [3.63, 3.8) is 0 Å². The van der Waals surface area contributed by atoms with Gasteiger partial charge in [-0.15, -0.1) is 0 Å². The van der Waals surface area contributed by atoms with Gasteiger partial charge >= 0.3 is 5.97 Å². The molecule has 5 nitrogen and oxygen atoms in total. The molecule has 1 heterocycles. The largest absolute Gasteiger partial charge is 0.463 e. The van der Waals surface area contributed by atoms with Crippen molar-refractivity contribution in [3.8, 4) is 0 Å². The van der Waals surface area contributed by atoms with Gasteiger partial charge in [0.05, 0.1) is 12.6 Å². The molecule has 0 saturated carbocycles. The maximum absolute atomic E-state index is 11.3. The number of carbonyl (C=O) groups excluding carboxylic acids is 2. The molecule has 17 heavy (non-hydrogen) atoms. The number of carbonyl (C=O) groups is 2. The zero-order chi connectivity index (χ0) is 12.4. The third-order valence-electron chi connectivity index (χ3n) is 2.18. The van der Waals surface area contributed by atoms with Gasteiger partial charge in [-0.25, -0.2) is 14.8 Å². The van der Waals surface area contributed by atoms with Crippen LogP contribution < -0.4 is 0 Å². The maximum Gasteiger partial charge on any atom is 0.376 e. The Labute approximate surface area is 101 Å². The van der Waals surface area contributed by atoms with Gasteiger partial charge in [-0.05, 0) is 18.2 Å². The first-order valence-corrected chi connectivity index (χ1v) is 5.04. The summed E-state index contributed by atoms with van der Waals surface area (Å²) in [6, 6.07) is 4.74. The SMILES string of the molecule is COC(=O)c1nc(Cl)c2cc(C=O)ccc2n1. The number of fused-ring (bicyclic) bond motifs is 1. The maximum atomic E-state index is 11.3. The second-order valence-corrected chi connectivity index (χ2v) is 3.58. The lowest BCUT2D eigenvalue weighted by Gasteiger charge is -2.03. The van der Waals surface area contributed by atoms with Gasteiger partial charge in [0.15, 0.2) is 0 Å². The van der Waals surface area contributed by atoms with Gasteiger partial charge < -0.3 is 4.74 Å². The molecule has 1 aromatic heterocycles. The Hall–Kier alpha value is -2.01. The molecule has 0 aliphatic heterocycles. The molecular weight excluding hydrogens is 244 g/mol. The smallest absolute Gasteiger partial charge is 0.376 e. The van der Waals surface area contributed by atoms with E-state index in [1.165, 1.54) is 7.11 Å². The summed E-state index contributed by atoms with van der Waals surface area (Å²) in [4.78, 5) is 29.7. The van der Waals surface area contributed by atoms with E-state index in [4.69, 9.17) is 11.6 Å². The van der Waals surface area contributed by atoms with Crippen LogP contribution in [0.15, 0.2) is 18.2 Å². The lowest BCUT2D eigenvalue weighted by molar-refractivity contribution is 0.0587. The molecule has 0 atom stereocenters. The molecular formula is C11H7ClN2O3. The third kappa shape index (κ3) is 2.09. The van der Waals surface area contributed by atoms with Crippen molar-refractivity contribution < 1.29 is 14.3 Å². The summed E-state index contributed by atoms with van der Waals surface area (Å²) < 4.78 is 4.51. The first-order valence-electron chi connectivity index (χ1n) is 4.66. The summed E-state index contributed by atoms with van der Waals surface area (Å²) in [5.41, 5.74) is 0.949. The minimum Gasteiger partial charge on any atom is -0.463 e. The number of benzene rings is 1. The summed E-state index contributed by atoms with van der Waals surface area (Å²) in [6.07, 6.45) is 0.698. The molecule has 0 fully saturated rings. The highest BCUT2D eigenvalue weighted by Gasteiger charge is 2.13. The van der Waals surface area contributed by atoms with Gasteiger partial charge in [-0.2, -0.15) is 0 Å². The molecule has 0 bridgehead atoms. The number of methoxy groups -OCH3 is 1. The van der Waals surface area contributed by atoms with Crippen LogP contribution in [0.4, 0.5) is 0 Å². The van der Waals surface area contributed by atoms with Crippen LogP contribution in [0.2, 0.25) is 5.15 Å². The van der Waals surface area contributed by atoms with Gasteiger partial charge in [0.25, 0.3) is 0 Å². The zero-order valence-corrected chi connectivity index (χ0v) is 9.56. The van der Waals surface area contributed by atoms with Crippen molar-refractivity contribution in [2.45, 2.75) is 0 Å². The first kappa shape index (κ1) is 11.5. The van der Waals surface area contributed by atoms with E-state index in [2.05, 4.69) is 14.7 Å². The van der Waals surface area contributed by atoms with Crippen molar-refractivity contribution in [2.24, 2.45) is 0 Å². The molecule has 0 aliphatic carbocycles. The zero-order valence-electron chi connectivity index (χ0n) is 8.81. The van der Waals surface area contributed by atoms with Crippen LogP contribution in [0.1, 0.15) is 21.0 Å². The molecule has 86 valence electrons. The Morgan fingerprint density at radius 3 is 2.82 bits per heavy atom. The number of esters is 1. The fourth-order valence-corrected chi connectivity index (χ4v) is 1.60. The number of ether oxygens (including phenoxy) is 1. The lowest BCUT2D eigenvalue weighted by atomic mass is 10.2. The highest BCUT2D eigenvalue weighted by atomic mass is 35.5. The van der Waals surface area contributed by atoms with Crippen molar-refractivity contribution in [2.75, 3.05) is 7.11 Å². The van der Waals surface area contributed by atoms with E-state index in [0.29, 0.717) is 22.8 Å². The number of hydrogen-bond donors (Lipinski definition) is 0. The van der Waals surface area contributed by atoms with Crippen molar-refractivity contribution in [3.05, 3.63) is 34.7 Å². The van der Waals surface area contributed by atoms with E-state index in [0.717, 1.165) is 0 Å². The molecule has 0 unspecified atom stereocenters. The fourth-order valence-electron chi connectivity index (χ4n) is 1.36. The predicted molar refractivity (Wildman–Crippen MR) is 61.3 cm³/mol. The summed E-state index contributed by atoms with van der Waals surface area (Å²) in [6.45, 7) is 0. The summed E-state index contributed by atoms with van der Waals surface area (Å²) in [7, 11) is 1.24. The molecule has 1 aromatic carbocycles. The monoisotopic (exact) mass is 250 g/mol. The topological polar surface area (TPSA) is 69.2 Å². The number of rotatable bonds is 2. The quantitative estimate of drug-likeness (QED) is 0.462. The Morgan fingerprint density at radius 2 is 2.18 bits per heavy atom. The summed E-state index contributed by atoms with van der Waals surface area (Å²) >= 11 is 5.92. The van der Waals surface area contributed by atoms with Crippen LogP contribution >= 0.6 is 11.6 Å². The first-order chi connectivity index (χ1) is 8.15. The van der Waals surface area contributed by atoms with E-state index in [1.807, 2.05) is 0 Å². The van der Waals surface area contributed by atoms with Crippen LogP contribution in [-0.2, 0) is 4.74 Å². The summed E-state index contributed by atoms with van der Waals surface area (Å²) in [5.74, 6) is -0.767. The van der Waals surface area contributed by atoms with E-state index in [9.17, 15) is 9.59 Å². The molecule has 0 saturated heterocycles. The second kappa shape index (κ2) is 4.47. The molecule has 0 spiro atoms. The highest BCUT2D eigenvalue weighted by molar-refractivity contribution is 6.34. The molecule has 0 aliphatic rings. The van der Waals surface area contributed by atoms with Gasteiger partial charge in [0.2, 0.25) is 5.82 Å². The normalized spacial score (nSPS) is 10.2. The highest BCUT2D eigenvalue weighted by Crippen LogP contribution is 2.21. The van der Waals surface area contributed by atoms with E-state index in [1.54, 1.807) is 18.2 Å². The lowest BCUT2D eigenvalue weighted by Crippen LogP contribution is -2.07. The molecule has 2 aromatic rings. The number of aromatic nitrogens is 2. The molecule has 0 N–H and O–H groups in total. The minimum absolute atomic E-state index is 0.108. The number of nitrogens with zero attached hydrogens (tertiary/aromatic N) is 2. The Bertz CT molecular complexity index is 613. The van der Waals surface area contributed by atoms with E-state index in [-0.39, 0.29) is 11.0 Å². The Balaban J connectivity index is 2.67. The van der Waals surface area contributed by atoms with Gasteiger partial charge in [-0.3, -0.25) is 4.79 Å². The number of hydrogen-bond acceptors (Lipinski definition) is 5. The van der Waals surface area contributed by atoms with Crippen molar-refractivity contribution in [1.82, 2.24) is 9.97 Å². The predicted octanol–water partition coefficient (Wildman–Crippen LogP) is 1.88. The molecule has 6 heteroatoms. The number of halogens is 1. The second-order valence-electron chi connectivity index (χ2n) is 3.22. The Kier molecular flexibility index (Phi) is 3.01. The number of aldehydes is 1. The van der Waals surface area contributed by atoms with Gasteiger partial charge in [0, 0.05) is 10.9 Å². The van der Waals surface area contributed by atoms with Crippen LogP contribution in [0.25, 0.3) is 10.9 Å². The van der Waals surface area contributed by atoms with Crippen LogP contribution in [-0.4, -0.2) is 29.3 Å². The standard InChI is InChI=1S/C11H7ClN2O3/c1-17-11(16)10-13-8-3-2-6(5-15)4-7(8)9(12)14-10/h2-5H,1H3. The van der Waals surface area contributed by atoms with Gasteiger partial charge in [-0.1, -0.05) is 11.6 Å². The van der Waals surface area contributed by atoms with E-state index >= 15 is 0 Å². The van der Waals surface area contributed by atoms with Crippen molar-refractivity contribution in [1.29, 1.82) is 0 Å². The molecule has 2 rings (SSSR count).